The minimum atomic E-state index is -0.982. The Balaban J connectivity index is 2.43. The van der Waals surface area contributed by atoms with E-state index in [2.05, 4.69) is 0 Å². The number of carboxylic acids is 1. The quantitative estimate of drug-likeness (QED) is 0.644. The van der Waals surface area contributed by atoms with Crippen LogP contribution >= 0.6 is 0 Å². The van der Waals surface area contributed by atoms with E-state index in [1.807, 2.05) is 0 Å². The van der Waals surface area contributed by atoms with Crippen molar-refractivity contribution >= 4 is 5.97 Å². The highest BCUT2D eigenvalue weighted by Gasteiger charge is 2.37. The second-order valence-corrected chi connectivity index (χ2v) is 3.56. The number of rotatable bonds is 3. The number of carbonyl (C=O) groups is 1. The van der Waals surface area contributed by atoms with Crippen LogP contribution in [0.1, 0.15) is 32.6 Å². The van der Waals surface area contributed by atoms with Gasteiger partial charge in [0.2, 0.25) is 0 Å². The second-order valence-electron chi connectivity index (χ2n) is 3.56. The lowest BCUT2D eigenvalue weighted by Gasteiger charge is -2.37. The molecule has 0 radical (unpaired) electrons. The van der Waals surface area contributed by atoms with Gasteiger partial charge in [-0.15, -0.1) is 0 Å². The average Bonchev–Trinajstić information content (AvgIpc) is 1.50. The van der Waals surface area contributed by atoms with Gasteiger partial charge in [-0.2, -0.15) is 0 Å². The van der Waals surface area contributed by atoms with Crippen molar-refractivity contribution in [2.75, 3.05) is 0 Å². The van der Waals surface area contributed by atoms with Crippen LogP contribution in [0, 0.1) is 5.92 Å². The van der Waals surface area contributed by atoms with Gasteiger partial charge in [-0.1, -0.05) is 6.42 Å². The summed E-state index contributed by atoms with van der Waals surface area (Å²) in [5.74, 6) is -0.708. The number of hydrogen-bond acceptors (Lipinski definition) is 2. The maximum Gasteiger partial charge on any atom is 0.306 e. The molecule has 1 rings (SSSR count). The highest BCUT2D eigenvalue weighted by molar-refractivity contribution is 5.68. The molecule has 0 spiro atoms. The van der Waals surface area contributed by atoms with Gasteiger partial charge in [-0.25, -0.2) is 0 Å². The summed E-state index contributed by atoms with van der Waals surface area (Å²) in [7, 11) is 0. The van der Waals surface area contributed by atoms with Gasteiger partial charge in [0.15, 0.2) is 0 Å². The van der Waals surface area contributed by atoms with Gasteiger partial charge in [0.1, 0.15) is 0 Å². The van der Waals surface area contributed by atoms with Gasteiger partial charge in [0.25, 0.3) is 0 Å². The van der Waals surface area contributed by atoms with Gasteiger partial charge in [0.05, 0.1) is 12.0 Å². The SMILES string of the molecule is CC(O)(CC(=O)O)C1CCC1. The van der Waals surface area contributed by atoms with E-state index in [9.17, 15) is 9.90 Å². The number of carboxylic acid groups (broad SMARTS) is 1. The highest BCUT2D eigenvalue weighted by atomic mass is 16.4. The zero-order chi connectivity index (χ0) is 8.48. The van der Waals surface area contributed by atoms with E-state index in [1.54, 1.807) is 6.92 Å². The summed E-state index contributed by atoms with van der Waals surface area (Å²) < 4.78 is 0. The zero-order valence-corrected chi connectivity index (χ0v) is 6.71. The Morgan fingerprint density at radius 1 is 1.64 bits per heavy atom. The number of hydrogen-bond donors (Lipinski definition) is 2. The molecule has 2 N–H and O–H groups in total. The van der Waals surface area contributed by atoms with Gasteiger partial charge >= 0.3 is 5.97 Å². The second kappa shape index (κ2) is 2.81. The number of aliphatic carboxylic acids is 1. The van der Waals surface area contributed by atoms with E-state index in [0.717, 1.165) is 19.3 Å². The van der Waals surface area contributed by atoms with Crippen LogP contribution < -0.4 is 0 Å². The lowest BCUT2D eigenvalue weighted by molar-refractivity contribution is -0.145. The summed E-state index contributed by atoms with van der Waals surface area (Å²) in [5, 5.41) is 18.1. The summed E-state index contributed by atoms with van der Waals surface area (Å²) in [4.78, 5) is 10.3. The first-order valence-corrected chi connectivity index (χ1v) is 3.96. The van der Waals surface area contributed by atoms with Crippen molar-refractivity contribution in [1.29, 1.82) is 0 Å². The first-order chi connectivity index (χ1) is 5.02. The van der Waals surface area contributed by atoms with Crippen molar-refractivity contribution in [1.82, 2.24) is 0 Å². The molecule has 3 heteroatoms. The molecule has 64 valence electrons. The van der Waals surface area contributed by atoms with Gasteiger partial charge < -0.3 is 10.2 Å². The number of aliphatic hydroxyl groups is 1. The van der Waals surface area contributed by atoms with Crippen LogP contribution in [0.15, 0.2) is 0 Å². The third kappa shape index (κ3) is 1.93. The molecule has 0 amide bonds. The molecule has 11 heavy (non-hydrogen) atoms. The van der Waals surface area contributed by atoms with E-state index in [1.165, 1.54) is 0 Å². The molecule has 1 fully saturated rings. The smallest absolute Gasteiger partial charge is 0.306 e. The summed E-state index contributed by atoms with van der Waals surface area (Å²) >= 11 is 0. The molecular weight excluding hydrogens is 144 g/mol. The molecule has 1 aliphatic carbocycles. The van der Waals surface area contributed by atoms with Gasteiger partial charge in [-0.05, 0) is 25.7 Å². The standard InChI is InChI=1S/C8H14O3/c1-8(11,5-7(9)10)6-3-2-4-6/h6,11H,2-5H2,1H3,(H,9,10). The first kappa shape index (κ1) is 8.53. The fourth-order valence-electron chi connectivity index (χ4n) is 1.48. The highest BCUT2D eigenvalue weighted by Crippen LogP contribution is 2.37. The molecule has 0 saturated heterocycles. The first-order valence-electron chi connectivity index (χ1n) is 3.96. The minimum absolute atomic E-state index is 0.127. The topological polar surface area (TPSA) is 57.5 Å². The van der Waals surface area contributed by atoms with E-state index in [-0.39, 0.29) is 12.3 Å². The average molecular weight is 158 g/mol. The van der Waals surface area contributed by atoms with Gasteiger partial charge in [-0.3, -0.25) is 4.79 Å². The molecule has 0 bridgehead atoms. The Kier molecular flexibility index (Phi) is 2.18. The molecule has 1 atom stereocenters. The van der Waals surface area contributed by atoms with E-state index < -0.39 is 11.6 Å². The van der Waals surface area contributed by atoms with E-state index in [0.29, 0.717) is 0 Å². The maximum atomic E-state index is 10.3. The van der Waals surface area contributed by atoms with Crippen molar-refractivity contribution in [2.45, 2.75) is 38.2 Å². The molecular formula is C8H14O3. The zero-order valence-electron chi connectivity index (χ0n) is 6.71. The Hall–Kier alpha value is -0.570. The Morgan fingerprint density at radius 3 is 2.45 bits per heavy atom. The van der Waals surface area contributed by atoms with E-state index in [4.69, 9.17) is 5.11 Å². The predicted molar refractivity (Wildman–Crippen MR) is 40.2 cm³/mol. The Bertz CT molecular complexity index is 159. The summed E-state index contributed by atoms with van der Waals surface area (Å²) in [6.07, 6.45) is 2.94. The fraction of sp³-hybridized carbons (Fsp3) is 0.875. The van der Waals surface area contributed by atoms with Gasteiger partial charge in [0, 0.05) is 0 Å². The Labute approximate surface area is 66.0 Å². The molecule has 0 heterocycles. The van der Waals surface area contributed by atoms with Crippen LogP contribution in [0.4, 0.5) is 0 Å². The van der Waals surface area contributed by atoms with Crippen LogP contribution in [0.3, 0.4) is 0 Å². The van der Waals surface area contributed by atoms with Crippen LogP contribution in [-0.2, 0) is 4.79 Å². The predicted octanol–water partition coefficient (Wildman–Crippen LogP) is 1.01. The van der Waals surface area contributed by atoms with Crippen molar-refractivity contribution in [2.24, 2.45) is 5.92 Å². The normalized spacial score (nSPS) is 23.8. The minimum Gasteiger partial charge on any atom is -0.481 e. The molecule has 0 aromatic rings. The fourth-order valence-corrected chi connectivity index (χ4v) is 1.48. The van der Waals surface area contributed by atoms with Crippen LogP contribution in [-0.4, -0.2) is 21.8 Å². The van der Waals surface area contributed by atoms with Crippen molar-refractivity contribution < 1.29 is 15.0 Å². The third-order valence-corrected chi connectivity index (χ3v) is 2.49. The van der Waals surface area contributed by atoms with Crippen LogP contribution in [0.5, 0.6) is 0 Å². The summed E-state index contributed by atoms with van der Waals surface area (Å²) in [6.45, 7) is 1.62. The molecule has 0 aromatic carbocycles. The van der Waals surface area contributed by atoms with Crippen molar-refractivity contribution in [3.63, 3.8) is 0 Å². The third-order valence-electron chi connectivity index (χ3n) is 2.49. The molecule has 0 aromatic heterocycles. The molecule has 3 nitrogen and oxygen atoms in total. The lowest BCUT2D eigenvalue weighted by atomic mass is 9.72. The lowest BCUT2D eigenvalue weighted by Crippen LogP contribution is -2.40. The van der Waals surface area contributed by atoms with Crippen molar-refractivity contribution in [3.8, 4) is 0 Å². The summed E-state index contributed by atoms with van der Waals surface area (Å²) in [6, 6.07) is 0. The van der Waals surface area contributed by atoms with Crippen LogP contribution in [0.25, 0.3) is 0 Å². The largest absolute Gasteiger partial charge is 0.481 e. The maximum absolute atomic E-state index is 10.3. The molecule has 0 aliphatic heterocycles. The monoisotopic (exact) mass is 158 g/mol. The van der Waals surface area contributed by atoms with Crippen LogP contribution in [0.2, 0.25) is 0 Å². The Morgan fingerprint density at radius 2 is 2.18 bits per heavy atom. The molecule has 1 unspecified atom stereocenters. The van der Waals surface area contributed by atoms with E-state index >= 15 is 0 Å². The molecule has 1 saturated carbocycles. The van der Waals surface area contributed by atoms with Crippen molar-refractivity contribution in [3.05, 3.63) is 0 Å². The molecule has 1 aliphatic rings. The summed E-state index contributed by atoms with van der Waals surface area (Å²) in [5.41, 5.74) is -0.982.